The first kappa shape index (κ1) is 23.1. The van der Waals surface area contributed by atoms with Gasteiger partial charge in [-0.2, -0.15) is 5.10 Å². The SMILES string of the molecule is COc1ccc(C(=O)N/N=C/c2ccc(OC(=O)c3ccc(Cl)cc3Cl)cc2)cc1OC. The van der Waals surface area contributed by atoms with Crippen LogP contribution in [0.15, 0.2) is 65.8 Å². The summed E-state index contributed by atoms with van der Waals surface area (Å²) in [6, 6.07) is 15.9. The van der Waals surface area contributed by atoms with Gasteiger partial charge in [0.1, 0.15) is 5.75 Å². The van der Waals surface area contributed by atoms with Crippen LogP contribution in [-0.4, -0.2) is 32.3 Å². The molecule has 0 aromatic heterocycles. The lowest BCUT2D eigenvalue weighted by Crippen LogP contribution is -2.17. The Morgan fingerprint density at radius 1 is 0.906 bits per heavy atom. The van der Waals surface area contributed by atoms with Crippen molar-refractivity contribution < 1.29 is 23.8 Å². The highest BCUT2D eigenvalue weighted by Gasteiger charge is 2.13. The molecule has 32 heavy (non-hydrogen) atoms. The Morgan fingerprint density at radius 2 is 1.62 bits per heavy atom. The number of benzene rings is 3. The number of hydrogen-bond donors (Lipinski definition) is 1. The van der Waals surface area contributed by atoms with Crippen molar-refractivity contribution in [2.45, 2.75) is 0 Å². The molecule has 0 aliphatic carbocycles. The van der Waals surface area contributed by atoms with E-state index in [1.807, 2.05) is 0 Å². The second-order valence-corrected chi connectivity index (χ2v) is 7.20. The number of rotatable bonds is 7. The maximum Gasteiger partial charge on any atom is 0.345 e. The third kappa shape index (κ3) is 5.78. The van der Waals surface area contributed by atoms with Crippen molar-refractivity contribution in [1.82, 2.24) is 5.43 Å². The summed E-state index contributed by atoms with van der Waals surface area (Å²) in [5.41, 5.74) is 3.69. The number of halogens is 2. The summed E-state index contributed by atoms with van der Waals surface area (Å²) in [5, 5.41) is 4.57. The predicted molar refractivity (Wildman–Crippen MR) is 122 cm³/mol. The number of nitrogens with zero attached hydrogens (tertiary/aromatic N) is 1. The fourth-order valence-corrected chi connectivity index (χ4v) is 3.13. The van der Waals surface area contributed by atoms with E-state index in [0.717, 1.165) is 0 Å². The summed E-state index contributed by atoms with van der Waals surface area (Å²) >= 11 is 11.9. The van der Waals surface area contributed by atoms with Crippen molar-refractivity contribution in [3.8, 4) is 17.2 Å². The van der Waals surface area contributed by atoms with Crippen LogP contribution in [0.25, 0.3) is 0 Å². The van der Waals surface area contributed by atoms with Crippen molar-refractivity contribution >= 4 is 41.3 Å². The van der Waals surface area contributed by atoms with Crippen LogP contribution in [0.2, 0.25) is 10.0 Å². The molecule has 0 spiro atoms. The monoisotopic (exact) mass is 472 g/mol. The van der Waals surface area contributed by atoms with Gasteiger partial charge in [0.05, 0.1) is 31.0 Å². The van der Waals surface area contributed by atoms with Gasteiger partial charge < -0.3 is 14.2 Å². The molecule has 0 atom stereocenters. The van der Waals surface area contributed by atoms with Crippen molar-refractivity contribution in [2.75, 3.05) is 14.2 Å². The van der Waals surface area contributed by atoms with E-state index in [4.69, 9.17) is 37.4 Å². The third-order valence-electron chi connectivity index (χ3n) is 4.27. The van der Waals surface area contributed by atoms with Crippen LogP contribution in [0.5, 0.6) is 17.2 Å². The van der Waals surface area contributed by atoms with Crippen molar-refractivity contribution in [3.63, 3.8) is 0 Å². The van der Waals surface area contributed by atoms with Crippen LogP contribution in [0.1, 0.15) is 26.3 Å². The van der Waals surface area contributed by atoms with E-state index in [1.165, 1.54) is 32.6 Å². The number of nitrogens with one attached hydrogen (secondary N) is 1. The minimum absolute atomic E-state index is 0.205. The molecule has 9 heteroatoms. The molecule has 0 saturated carbocycles. The molecule has 0 aliphatic heterocycles. The molecule has 0 heterocycles. The lowest BCUT2D eigenvalue weighted by Gasteiger charge is -2.08. The first-order valence-electron chi connectivity index (χ1n) is 9.24. The molecular weight excluding hydrogens is 455 g/mol. The highest BCUT2D eigenvalue weighted by atomic mass is 35.5. The summed E-state index contributed by atoms with van der Waals surface area (Å²) in [4.78, 5) is 24.5. The Kier molecular flexibility index (Phi) is 7.70. The van der Waals surface area contributed by atoms with Crippen LogP contribution in [-0.2, 0) is 0 Å². The van der Waals surface area contributed by atoms with Crippen LogP contribution in [0.3, 0.4) is 0 Å². The second-order valence-electron chi connectivity index (χ2n) is 6.35. The number of carbonyl (C=O) groups excluding carboxylic acids is 2. The van der Waals surface area contributed by atoms with E-state index in [2.05, 4.69) is 10.5 Å². The molecule has 3 rings (SSSR count). The van der Waals surface area contributed by atoms with Crippen LogP contribution in [0.4, 0.5) is 0 Å². The van der Waals surface area contributed by atoms with E-state index < -0.39 is 11.9 Å². The first-order chi connectivity index (χ1) is 15.4. The Hall–Kier alpha value is -3.55. The van der Waals surface area contributed by atoms with E-state index in [0.29, 0.717) is 33.4 Å². The van der Waals surface area contributed by atoms with Crippen molar-refractivity contribution in [3.05, 3.63) is 87.4 Å². The number of hydrogen-bond acceptors (Lipinski definition) is 6. The van der Waals surface area contributed by atoms with Gasteiger partial charge in [0, 0.05) is 10.6 Å². The Labute approximate surface area is 194 Å². The molecule has 0 aliphatic rings. The summed E-state index contributed by atoms with van der Waals surface area (Å²) in [5.74, 6) is 0.274. The number of carbonyl (C=O) groups is 2. The lowest BCUT2D eigenvalue weighted by atomic mass is 10.2. The van der Waals surface area contributed by atoms with Gasteiger partial charge in [0.25, 0.3) is 5.91 Å². The number of amides is 1. The molecule has 0 radical (unpaired) electrons. The van der Waals surface area contributed by atoms with Gasteiger partial charge in [-0.25, -0.2) is 10.2 Å². The zero-order chi connectivity index (χ0) is 23.1. The van der Waals surface area contributed by atoms with Gasteiger partial charge in [-0.1, -0.05) is 23.2 Å². The number of esters is 1. The molecule has 3 aromatic carbocycles. The maximum atomic E-state index is 12.3. The minimum Gasteiger partial charge on any atom is -0.493 e. The average molecular weight is 473 g/mol. The standard InChI is InChI=1S/C23H18Cl2N2O5/c1-30-20-10-5-15(11-21(20)31-2)22(28)27-26-13-14-3-7-17(8-4-14)32-23(29)18-9-6-16(24)12-19(18)25/h3-13H,1-2H3,(H,27,28)/b26-13+. The average Bonchev–Trinajstić information content (AvgIpc) is 2.79. The fraction of sp³-hybridized carbons (Fsp3) is 0.0870. The normalized spacial score (nSPS) is 10.6. The summed E-state index contributed by atoms with van der Waals surface area (Å²) in [6.45, 7) is 0. The van der Waals surface area contributed by atoms with Gasteiger partial charge in [-0.3, -0.25) is 4.79 Å². The Morgan fingerprint density at radius 3 is 2.28 bits per heavy atom. The summed E-state index contributed by atoms with van der Waals surface area (Å²) in [7, 11) is 3.00. The Balaban J connectivity index is 1.59. The number of hydrazone groups is 1. The topological polar surface area (TPSA) is 86.2 Å². The minimum atomic E-state index is -0.602. The van der Waals surface area contributed by atoms with E-state index in [1.54, 1.807) is 48.5 Å². The molecular formula is C23H18Cl2N2O5. The highest BCUT2D eigenvalue weighted by Crippen LogP contribution is 2.27. The first-order valence-corrected chi connectivity index (χ1v) is 9.99. The van der Waals surface area contributed by atoms with E-state index in [9.17, 15) is 9.59 Å². The molecule has 7 nitrogen and oxygen atoms in total. The van der Waals surface area contributed by atoms with Crippen LogP contribution >= 0.6 is 23.2 Å². The lowest BCUT2D eigenvalue weighted by molar-refractivity contribution is 0.0734. The van der Waals surface area contributed by atoms with E-state index in [-0.39, 0.29) is 10.6 Å². The van der Waals surface area contributed by atoms with Crippen LogP contribution < -0.4 is 19.6 Å². The second kappa shape index (κ2) is 10.7. The summed E-state index contributed by atoms with van der Waals surface area (Å²) in [6.07, 6.45) is 1.46. The zero-order valence-corrected chi connectivity index (χ0v) is 18.6. The van der Waals surface area contributed by atoms with Crippen molar-refractivity contribution in [1.29, 1.82) is 0 Å². The fourth-order valence-electron chi connectivity index (χ4n) is 2.65. The predicted octanol–water partition coefficient (Wildman–Crippen LogP) is 4.99. The van der Waals surface area contributed by atoms with Crippen LogP contribution in [0, 0.1) is 0 Å². The number of ether oxygens (including phenoxy) is 3. The van der Waals surface area contributed by atoms with Gasteiger partial charge in [-0.15, -0.1) is 0 Å². The van der Waals surface area contributed by atoms with Gasteiger partial charge in [-0.05, 0) is 66.2 Å². The molecule has 1 N–H and O–H groups in total. The molecule has 3 aromatic rings. The van der Waals surface area contributed by atoms with Gasteiger partial charge in [0.2, 0.25) is 0 Å². The van der Waals surface area contributed by atoms with Gasteiger partial charge >= 0.3 is 5.97 Å². The molecule has 1 amide bonds. The highest BCUT2D eigenvalue weighted by molar-refractivity contribution is 6.36. The van der Waals surface area contributed by atoms with E-state index >= 15 is 0 Å². The molecule has 0 bridgehead atoms. The summed E-state index contributed by atoms with van der Waals surface area (Å²) < 4.78 is 15.7. The largest absolute Gasteiger partial charge is 0.493 e. The van der Waals surface area contributed by atoms with Crippen molar-refractivity contribution in [2.24, 2.45) is 5.10 Å². The quantitative estimate of drug-likeness (QED) is 0.226. The smallest absolute Gasteiger partial charge is 0.345 e. The zero-order valence-electron chi connectivity index (χ0n) is 17.1. The Bertz CT molecular complexity index is 1160. The molecule has 0 saturated heterocycles. The molecule has 0 unspecified atom stereocenters. The van der Waals surface area contributed by atoms with Gasteiger partial charge in [0.15, 0.2) is 11.5 Å². The third-order valence-corrected chi connectivity index (χ3v) is 4.81. The molecule has 164 valence electrons. The molecule has 0 fully saturated rings. The number of methoxy groups -OCH3 is 2. The maximum absolute atomic E-state index is 12.3.